The Kier molecular flexibility index (Phi) is 6.71. The average molecular weight is 369 g/mol. The van der Waals surface area contributed by atoms with E-state index in [0.717, 1.165) is 6.08 Å². The second-order valence-electron chi connectivity index (χ2n) is 5.79. The van der Waals surface area contributed by atoms with Crippen molar-refractivity contribution in [1.29, 1.82) is 0 Å². The van der Waals surface area contributed by atoms with Gasteiger partial charge in [-0.3, -0.25) is 10.1 Å². The number of carbonyl (C=O) groups excluding carboxylic acids is 2. The molecule has 2 aromatic carbocycles. The number of amides is 2. The van der Waals surface area contributed by atoms with E-state index in [1.54, 1.807) is 49.4 Å². The fourth-order valence-electron chi connectivity index (χ4n) is 2.38. The summed E-state index contributed by atoms with van der Waals surface area (Å²) in [4.78, 5) is 35.0. The van der Waals surface area contributed by atoms with E-state index in [2.05, 4.69) is 5.32 Å². The van der Waals surface area contributed by atoms with E-state index < -0.39 is 30.0 Å². The fraction of sp³-hybridized carbons (Fsp3) is 0.150. The number of phenols is 1. The molecular formula is C20H19NO6. The van der Waals surface area contributed by atoms with E-state index in [4.69, 9.17) is 9.84 Å². The predicted octanol–water partition coefficient (Wildman–Crippen LogP) is 3.28. The van der Waals surface area contributed by atoms with Crippen LogP contribution in [-0.2, 0) is 9.53 Å². The number of carbonyl (C=O) groups is 3. The Morgan fingerprint density at radius 2 is 1.67 bits per heavy atom. The first-order valence-electron chi connectivity index (χ1n) is 8.14. The highest BCUT2D eigenvalue weighted by atomic mass is 16.6. The first-order chi connectivity index (χ1) is 12.9. The van der Waals surface area contributed by atoms with Crippen molar-refractivity contribution >= 4 is 18.0 Å². The molecule has 0 aromatic heterocycles. The van der Waals surface area contributed by atoms with Crippen LogP contribution >= 0.6 is 0 Å². The SMILES string of the molecule is C[C@@H](/C=C/C(=O)O)[C@@H](OC(=O)NC(=O)c1ccccc1)c1ccc(O)cc1. The highest BCUT2D eigenvalue weighted by Gasteiger charge is 2.23. The minimum absolute atomic E-state index is 0.0370. The van der Waals surface area contributed by atoms with E-state index in [1.165, 1.54) is 18.2 Å². The summed E-state index contributed by atoms with van der Waals surface area (Å²) in [5.41, 5.74) is 0.840. The zero-order chi connectivity index (χ0) is 19.8. The van der Waals surface area contributed by atoms with Gasteiger partial charge in [-0.15, -0.1) is 0 Å². The van der Waals surface area contributed by atoms with E-state index >= 15 is 0 Å². The number of phenolic OH excluding ortho intramolecular Hbond substituents is 1. The van der Waals surface area contributed by atoms with Gasteiger partial charge in [-0.05, 0) is 29.8 Å². The number of carboxylic acid groups (broad SMARTS) is 1. The summed E-state index contributed by atoms with van der Waals surface area (Å²) < 4.78 is 5.37. The maximum atomic E-state index is 12.2. The molecule has 140 valence electrons. The average Bonchev–Trinajstić information content (AvgIpc) is 2.65. The largest absolute Gasteiger partial charge is 0.508 e. The molecule has 2 amide bonds. The second kappa shape index (κ2) is 9.19. The summed E-state index contributed by atoms with van der Waals surface area (Å²) in [5, 5.41) is 20.4. The number of benzene rings is 2. The molecular weight excluding hydrogens is 350 g/mol. The highest BCUT2D eigenvalue weighted by molar-refractivity contribution is 6.02. The van der Waals surface area contributed by atoms with Gasteiger partial charge >= 0.3 is 12.1 Å². The Labute approximate surface area is 155 Å². The summed E-state index contributed by atoms with van der Waals surface area (Å²) in [5.74, 6) is -2.20. The number of imide groups is 1. The third-order valence-corrected chi connectivity index (χ3v) is 3.73. The first-order valence-corrected chi connectivity index (χ1v) is 8.14. The highest BCUT2D eigenvalue weighted by Crippen LogP contribution is 2.28. The summed E-state index contributed by atoms with van der Waals surface area (Å²) in [6.45, 7) is 1.67. The summed E-state index contributed by atoms with van der Waals surface area (Å²) in [6.07, 6.45) is 0.517. The van der Waals surface area contributed by atoms with Gasteiger partial charge in [0.1, 0.15) is 11.9 Å². The van der Waals surface area contributed by atoms with Crippen molar-refractivity contribution in [3.05, 3.63) is 77.9 Å². The van der Waals surface area contributed by atoms with Gasteiger partial charge in [0.05, 0.1) is 0 Å². The molecule has 2 atom stereocenters. The van der Waals surface area contributed by atoms with Crippen LogP contribution in [-0.4, -0.2) is 28.2 Å². The Bertz CT molecular complexity index is 829. The van der Waals surface area contributed by atoms with Gasteiger partial charge in [0.2, 0.25) is 0 Å². The molecule has 0 aliphatic carbocycles. The van der Waals surface area contributed by atoms with Crippen LogP contribution < -0.4 is 5.32 Å². The molecule has 0 aliphatic rings. The van der Waals surface area contributed by atoms with Gasteiger partial charge in [0.15, 0.2) is 0 Å². The lowest BCUT2D eigenvalue weighted by atomic mass is 9.96. The molecule has 7 nitrogen and oxygen atoms in total. The van der Waals surface area contributed by atoms with Crippen molar-refractivity contribution in [2.75, 3.05) is 0 Å². The lowest BCUT2D eigenvalue weighted by Crippen LogP contribution is -2.33. The van der Waals surface area contributed by atoms with Gasteiger partial charge < -0.3 is 14.9 Å². The number of hydrogen-bond donors (Lipinski definition) is 3. The topological polar surface area (TPSA) is 113 Å². The molecule has 0 fully saturated rings. The molecule has 0 saturated heterocycles. The molecule has 2 aromatic rings. The minimum Gasteiger partial charge on any atom is -0.508 e. The van der Waals surface area contributed by atoms with Crippen LogP contribution in [0.3, 0.4) is 0 Å². The van der Waals surface area contributed by atoms with Crippen molar-refractivity contribution in [1.82, 2.24) is 5.32 Å². The van der Waals surface area contributed by atoms with Crippen molar-refractivity contribution in [3.63, 3.8) is 0 Å². The van der Waals surface area contributed by atoms with Crippen molar-refractivity contribution in [2.45, 2.75) is 13.0 Å². The molecule has 3 N–H and O–H groups in total. The molecule has 2 rings (SSSR count). The van der Waals surface area contributed by atoms with Crippen LogP contribution in [0.2, 0.25) is 0 Å². The predicted molar refractivity (Wildman–Crippen MR) is 97.2 cm³/mol. The number of alkyl carbamates (subject to hydrolysis) is 1. The van der Waals surface area contributed by atoms with Crippen LogP contribution in [0.4, 0.5) is 4.79 Å². The molecule has 0 heterocycles. The van der Waals surface area contributed by atoms with Crippen LogP contribution in [0.25, 0.3) is 0 Å². The maximum absolute atomic E-state index is 12.2. The lowest BCUT2D eigenvalue weighted by Gasteiger charge is -2.22. The fourth-order valence-corrected chi connectivity index (χ4v) is 2.38. The number of rotatable bonds is 6. The lowest BCUT2D eigenvalue weighted by molar-refractivity contribution is -0.131. The van der Waals surface area contributed by atoms with E-state index in [1.807, 2.05) is 0 Å². The third kappa shape index (κ3) is 6.00. The zero-order valence-electron chi connectivity index (χ0n) is 14.5. The third-order valence-electron chi connectivity index (χ3n) is 3.73. The molecule has 0 saturated carbocycles. The molecule has 0 radical (unpaired) electrons. The van der Waals surface area contributed by atoms with Gasteiger partial charge in [0.25, 0.3) is 5.91 Å². The van der Waals surface area contributed by atoms with Gasteiger partial charge in [-0.1, -0.05) is 43.3 Å². The second-order valence-corrected chi connectivity index (χ2v) is 5.79. The van der Waals surface area contributed by atoms with Crippen LogP contribution in [0.15, 0.2) is 66.7 Å². The maximum Gasteiger partial charge on any atom is 0.414 e. The van der Waals surface area contributed by atoms with Crippen LogP contribution in [0.1, 0.15) is 28.9 Å². The zero-order valence-corrected chi connectivity index (χ0v) is 14.5. The number of nitrogens with one attached hydrogen (secondary N) is 1. The molecule has 0 aliphatic heterocycles. The molecule has 0 spiro atoms. The van der Waals surface area contributed by atoms with Gasteiger partial charge in [0, 0.05) is 17.6 Å². The Hall–Kier alpha value is -3.61. The number of hydrogen-bond acceptors (Lipinski definition) is 5. The molecule has 0 unspecified atom stereocenters. The normalized spacial score (nSPS) is 12.9. The smallest absolute Gasteiger partial charge is 0.414 e. The quantitative estimate of drug-likeness (QED) is 0.674. The van der Waals surface area contributed by atoms with E-state index in [0.29, 0.717) is 11.1 Å². The molecule has 0 bridgehead atoms. The number of ether oxygens (including phenoxy) is 1. The summed E-state index contributed by atoms with van der Waals surface area (Å²) in [6, 6.07) is 14.1. The van der Waals surface area contributed by atoms with Crippen molar-refractivity contribution in [3.8, 4) is 5.75 Å². The van der Waals surface area contributed by atoms with Crippen molar-refractivity contribution in [2.24, 2.45) is 5.92 Å². The van der Waals surface area contributed by atoms with Gasteiger partial charge in [-0.2, -0.15) is 0 Å². The Morgan fingerprint density at radius 1 is 1.04 bits per heavy atom. The minimum atomic E-state index is -1.13. The standard InChI is InChI=1S/C20H19NO6/c1-13(7-12-17(23)24)18(14-8-10-16(22)11-9-14)27-20(26)21-19(25)15-5-3-2-4-6-15/h2-13,18,22H,1H3,(H,23,24)(H,21,25,26)/b12-7+/t13-,18+/m0/s1. The number of carboxylic acids is 1. The van der Waals surface area contributed by atoms with Crippen molar-refractivity contribution < 1.29 is 29.3 Å². The number of aliphatic carboxylic acids is 1. The Morgan fingerprint density at radius 3 is 2.26 bits per heavy atom. The molecule has 7 heteroatoms. The molecule has 27 heavy (non-hydrogen) atoms. The van der Waals surface area contributed by atoms with E-state index in [-0.39, 0.29) is 5.75 Å². The number of aromatic hydroxyl groups is 1. The van der Waals surface area contributed by atoms with Crippen LogP contribution in [0, 0.1) is 5.92 Å². The summed E-state index contributed by atoms with van der Waals surface area (Å²) >= 11 is 0. The first kappa shape index (κ1) is 19.7. The van der Waals surface area contributed by atoms with Crippen LogP contribution in [0.5, 0.6) is 5.75 Å². The monoisotopic (exact) mass is 369 g/mol. The van der Waals surface area contributed by atoms with E-state index in [9.17, 15) is 19.5 Å². The van der Waals surface area contributed by atoms with Gasteiger partial charge in [-0.25, -0.2) is 9.59 Å². The Balaban J connectivity index is 2.15. The summed E-state index contributed by atoms with van der Waals surface area (Å²) in [7, 11) is 0.